The Hall–Kier alpha value is -0.120. The number of hydrogen-bond acceptors (Lipinski definition) is 3. The van der Waals surface area contributed by atoms with E-state index in [1.54, 1.807) is 0 Å². The maximum Gasteiger partial charge on any atom is 0.0218 e. The Balaban J connectivity index is 1.78. The van der Waals surface area contributed by atoms with Gasteiger partial charge in [0.1, 0.15) is 0 Å². The van der Waals surface area contributed by atoms with E-state index in [1.165, 1.54) is 52.0 Å². The molecule has 0 aromatic heterocycles. The Labute approximate surface area is 93.8 Å². The van der Waals surface area contributed by atoms with Crippen LogP contribution in [0, 0.1) is 0 Å². The summed E-state index contributed by atoms with van der Waals surface area (Å²) < 4.78 is 0. The molecule has 88 valence electrons. The highest BCUT2D eigenvalue weighted by Crippen LogP contribution is 2.13. The Morgan fingerprint density at radius 1 is 1.33 bits per heavy atom. The third-order valence-electron chi connectivity index (χ3n) is 3.97. The van der Waals surface area contributed by atoms with Crippen molar-refractivity contribution >= 4 is 0 Å². The zero-order valence-electron chi connectivity index (χ0n) is 10.2. The van der Waals surface area contributed by atoms with Crippen LogP contribution in [0.1, 0.15) is 26.2 Å². The Kier molecular flexibility index (Phi) is 4.00. The fraction of sp³-hybridized carbons (Fsp3) is 1.00. The summed E-state index contributed by atoms with van der Waals surface area (Å²) in [7, 11) is 2.26. The summed E-state index contributed by atoms with van der Waals surface area (Å²) in [5.74, 6) is 0. The van der Waals surface area contributed by atoms with Crippen molar-refractivity contribution in [3.05, 3.63) is 0 Å². The lowest BCUT2D eigenvalue weighted by molar-refractivity contribution is 0.0875. The van der Waals surface area contributed by atoms with Crippen molar-refractivity contribution in [2.24, 2.45) is 0 Å². The number of nitrogens with zero attached hydrogens (tertiary/aromatic N) is 2. The lowest BCUT2D eigenvalue weighted by Crippen LogP contribution is -2.53. The first kappa shape index (κ1) is 11.4. The minimum absolute atomic E-state index is 0.769. The second kappa shape index (κ2) is 5.28. The molecule has 0 amide bonds. The lowest BCUT2D eigenvalue weighted by Gasteiger charge is -2.40. The highest BCUT2D eigenvalue weighted by molar-refractivity contribution is 4.84. The van der Waals surface area contributed by atoms with E-state index in [0.29, 0.717) is 0 Å². The van der Waals surface area contributed by atoms with Gasteiger partial charge in [0.2, 0.25) is 0 Å². The normalized spacial score (nSPS) is 34.8. The van der Waals surface area contributed by atoms with Gasteiger partial charge in [0, 0.05) is 38.3 Å². The number of likely N-dealkylation sites (N-methyl/N-ethyl adjacent to an activating group) is 1. The third-order valence-corrected chi connectivity index (χ3v) is 3.97. The van der Waals surface area contributed by atoms with Crippen molar-refractivity contribution in [3.63, 3.8) is 0 Å². The van der Waals surface area contributed by atoms with Crippen LogP contribution in [0.4, 0.5) is 0 Å². The fourth-order valence-electron chi connectivity index (χ4n) is 2.84. The van der Waals surface area contributed by atoms with Crippen LogP contribution in [0.15, 0.2) is 0 Å². The van der Waals surface area contributed by atoms with Crippen LogP contribution in [-0.4, -0.2) is 61.7 Å². The van der Waals surface area contributed by atoms with Crippen molar-refractivity contribution in [1.82, 2.24) is 15.1 Å². The summed E-state index contributed by atoms with van der Waals surface area (Å²) in [6.45, 7) is 8.57. The second-order valence-electron chi connectivity index (χ2n) is 5.10. The molecule has 3 nitrogen and oxygen atoms in total. The van der Waals surface area contributed by atoms with Crippen LogP contribution < -0.4 is 5.32 Å². The molecule has 1 N–H and O–H groups in total. The minimum Gasteiger partial charge on any atom is -0.313 e. The maximum atomic E-state index is 3.59. The summed E-state index contributed by atoms with van der Waals surface area (Å²) in [6.07, 6.45) is 4.03. The van der Waals surface area contributed by atoms with E-state index in [0.717, 1.165) is 12.1 Å². The molecule has 0 radical (unpaired) electrons. The van der Waals surface area contributed by atoms with Crippen LogP contribution in [-0.2, 0) is 0 Å². The monoisotopic (exact) mass is 211 g/mol. The molecule has 0 aromatic rings. The molecular formula is C12H25N3. The summed E-state index contributed by atoms with van der Waals surface area (Å²) >= 11 is 0. The minimum atomic E-state index is 0.769. The van der Waals surface area contributed by atoms with Crippen LogP contribution in [0.5, 0.6) is 0 Å². The molecule has 15 heavy (non-hydrogen) atoms. The first-order valence-electron chi connectivity index (χ1n) is 6.45. The first-order valence-corrected chi connectivity index (χ1v) is 6.45. The molecule has 0 aromatic carbocycles. The average Bonchev–Trinajstić information content (AvgIpc) is 2.73. The van der Waals surface area contributed by atoms with Crippen molar-refractivity contribution < 1.29 is 0 Å². The summed E-state index contributed by atoms with van der Waals surface area (Å²) in [4.78, 5) is 5.16. The van der Waals surface area contributed by atoms with Gasteiger partial charge in [-0.05, 0) is 32.9 Å². The van der Waals surface area contributed by atoms with Crippen LogP contribution in [0.25, 0.3) is 0 Å². The molecule has 0 bridgehead atoms. The van der Waals surface area contributed by atoms with Gasteiger partial charge in [0.05, 0.1) is 0 Å². The molecular weight excluding hydrogens is 186 g/mol. The number of nitrogens with one attached hydrogen (secondary N) is 1. The molecule has 2 saturated heterocycles. The third kappa shape index (κ3) is 2.92. The van der Waals surface area contributed by atoms with E-state index in [2.05, 4.69) is 29.1 Å². The van der Waals surface area contributed by atoms with E-state index in [-0.39, 0.29) is 0 Å². The smallest absolute Gasteiger partial charge is 0.0218 e. The van der Waals surface area contributed by atoms with Crippen LogP contribution in [0.3, 0.4) is 0 Å². The van der Waals surface area contributed by atoms with E-state index >= 15 is 0 Å². The van der Waals surface area contributed by atoms with Gasteiger partial charge in [0.25, 0.3) is 0 Å². The standard InChI is InChI=1S/C12H25N3/c1-3-12-10-15(8-7-14(12)2)9-11-5-4-6-13-11/h11-13H,3-10H2,1-2H3. The number of rotatable bonds is 3. The second-order valence-corrected chi connectivity index (χ2v) is 5.10. The molecule has 0 saturated carbocycles. The SMILES string of the molecule is CCC1CN(CC2CCCN2)CCN1C. The molecule has 2 aliphatic heterocycles. The van der Waals surface area contributed by atoms with Crippen molar-refractivity contribution in [2.75, 3.05) is 39.8 Å². The highest BCUT2D eigenvalue weighted by Gasteiger charge is 2.25. The predicted octanol–water partition coefficient (Wildman–Crippen LogP) is 0.764. The molecule has 0 aliphatic carbocycles. The van der Waals surface area contributed by atoms with E-state index in [1.807, 2.05) is 0 Å². The summed E-state index contributed by atoms with van der Waals surface area (Å²) in [6, 6.07) is 1.55. The Morgan fingerprint density at radius 3 is 2.87 bits per heavy atom. The van der Waals surface area contributed by atoms with Gasteiger partial charge in [-0.1, -0.05) is 6.92 Å². The van der Waals surface area contributed by atoms with Gasteiger partial charge in [-0.3, -0.25) is 4.90 Å². The van der Waals surface area contributed by atoms with E-state index < -0.39 is 0 Å². The maximum absolute atomic E-state index is 3.59. The highest BCUT2D eigenvalue weighted by atomic mass is 15.3. The van der Waals surface area contributed by atoms with Crippen LogP contribution in [0.2, 0.25) is 0 Å². The van der Waals surface area contributed by atoms with Crippen molar-refractivity contribution in [1.29, 1.82) is 0 Å². The van der Waals surface area contributed by atoms with Gasteiger partial charge in [-0.2, -0.15) is 0 Å². The molecule has 3 heteroatoms. The molecule has 2 fully saturated rings. The molecule has 0 spiro atoms. The van der Waals surface area contributed by atoms with E-state index in [4.69, 9.17) is 0 Å². The predicted molar refractivity (Wildman–Crippen MR) is 64.2 cm³/mol. The summed E-state index contributed by atoms with van der Waals surface area (Å²) in [5, 5.41) is 3.59. The van der Waals surface area contributed by atoms with Crippen molar-refractivity contribution in [2.45, 2.75) is 38.3 Å². The zero-order valence-corrected chi connectivity index (χ0v) is 10.2. The average molecular weight is 211 g/mol. The molecule has 2 unspecified atom stereocenters. The fourth-order valence-corrected chi connectivity index (χ4v) is 2.84. The summed E-state index contributed by atoms with van der Waals surface area (Å²) in [5.41, 5.74) is 0. The molecule has 2 heterocycles. The molecule has 2 rings (SSSR count). The first-order chi connectivity index (χ1) is 7.29. The number of hydrogen-bond donors (Lipinski definition) is 1. The van der Waals surface area contributed by atoms with Gasteiger partial charge in [-0.15, -0.1) is 0 Å². The zero-order chi connectivity index (χ0) is 10.7. The molecule has 2 atom stereocenters. The van der Waals surface area contributed by atoms with Gasteiger partial charge < -0.3 is 10.2 Å². The van der Waals surface area contributed by atoms with Gasteiger partial charge in [0.15, 0.2) is 0 Å². The molecule has 2 aliphatic rings. The topological polar surface area (TPSA) is 18.5 Å². The van der Waals surface area contributed by atoms with Gasteiger partial charge >= 0.3 is 0 Å². The van der Waals surface area contributed by atoms with Gasteiger partial charge in [-0.25, -0.2) is 0 Å². The number of piperazine rings is 1. The van der Waals surface area contributed by atoms with Crippen molar-refractivity contribution in [3.8, 4) is 0 Å². The van der Waals surface area contributed by atoms with Crippen LogP contribution >= 0.6 is 0 Å². The van der Waals surface area contributed by atoms with E-state index in [9.17, 15) is 0 Å². The lowest BCUT2D eigenvalue weighted by atomic mass is 10.1. The Morgan fingerprint density at radius 2 is 2.20 bits per heavy atom. The largest absolute Gasteiger partial charge is 0.313 e. The quantitative estimate of drug-likeness (QED) is 0.744. The Bertz CT molecular complexity index is 187.